The van der Waals surface area contributed by atoms with Crippen LogP contribution in [0.15, 0.2) is 41.2 Å². The number of rotatable bonds is 4. The lowest BCUT2D eigenvalue weighted by molar-refractivity contribution is -0.119. The molecule has 0 radical (unpaired) electrons. The number of aryl methyl sites for hydroxylation is 1. The van der Waals surface area contributed by atoms with Crippen LogP contribution in [0.1, 0.15) is 29.3 Å². The van der Waals surface area contributed by atoms with Gasteiger partial charge in [0.2, 0.25) is 11.8 Å². The molecule has 2 aromatic rings. The number of carbonyl (C=O) groups excluding carboxylic acids is 3. The molecule has 0 saturated carbocycles. The maximum Gasteiger partial charge on any atom is 0.255 e. The number of amides is 3. The van der Waals surface area contributed by atoms with Crippen LogP contribution in [-0.2, 0) is 16.0 Å². The zero-order valence-electron chi connectivity index (χ0n) is 14.0. The van der Waals surface area contributed by atoms with Gasteiger partial charge in [-0.3, -0.25) is 14.4 Å². The molecule has 3 amide bonds. The van der Waals surface area contributed by atoms with Crippen LogP contribution in [0.5, 0.6) is 0 Å². The molecule has 1 aromatic heterocycles. The summed E-state index contributed by atoms with van der Waals surface area (Å²) in [7, 11) is 1.74. The molecule has 0 saturated heterocycles. The van der Waals surface area contributed by atoms with E-state index in [2.05, 4.69) is 10.6 Å². The van der Waals surface area contributed by atoms with Crippen molar-refractivity contribution in [2.24, 2.45) is 0 Å². The van der Waals surface area contributed by atoms with Crippen molar-refractivity contribution in [3.05, 3.63) is 47.9 Å². The van der Waals surface area contributed by atoms with E-state index >= 15 is 0 Å². The Morgan fingerprint density at radius 1 is 1.24 bits per heavy atom. The van der Waals surface area contributed by atoms with Crippen molar-refractivity contribution in [1.82, 2.24) is 5.32 Å². The number of nitrogens with zero attached hydrogens (tertiary/aromatic N) is 1. The van der Waals surface area contributed by atoms with Crippen molar-refractivity contribution >= 4 is 29.1 Å². The van der Waals surface area contributed by atoms with E-state index in [1.807, 2.05) is 12.1 Å². The van der Waals surface area contributed by atoms with Crippen LogP contribution in [0, 0.1) is 0 Å². The standard InChI is InChI=1S/C18H19N3O4/c1-11(19-18(24)13-7-8-25-10-13)17(23)20-14-4-5-15-12(9-14)3-6-16(22)21(15)2/h4-5,7-11H,3,6H2,1-2H3,(H,19,24)(H,20,23)/t11-/m0/s1. The van der Waals surface area contributed by atoms with E-state index in [1.54, 1.807) is 24.9 Å². The highest BCUT2D eigenvalue weighted by molar-refractivity contribution is 6.01. The first kappa shape index (κ1) is 16.8. The summed E-state index contributed by atoms with van der Waals surface area (Å²) in [6.07, 6.45) is 3.82. The highest BCUT2D eigenvalue weighted by atomic mass is 16.3. The van der Waals surface area contributed by atoms with E-state index in [0.717, 1.165) is 11.3 Å². The van der Waals surface area contributed by atoms with Crippen molar-refractivity contribution in [2.75, 3.05) is 17.3 Å². The maximum absolute atomic E-state index is 12.3. The summed E-state index contributed by atoms with van der Waals surface area (Å²) in [5.74, 6) is -0.612. The number of anilines is 2. The van der Waals surface area contributed by atoms with Crippen LogP contribution < -0.4 is 15.5 Å². The molecule has 130 valence electrons. The molecule has 0 bridgehead atoms. The number of fused-ring (bicyclic) bond motifs is 1. The lowest BCUT2D eigenvalue weighted by atomic mass is 10.0. The van der Waals surface area contributed by atoms with Crippen LogP contribution in [0.2, 0.25) is 0 Å². The highest BCUT2D eigenvalue weighted by Crippen LogP contribution is 2.29. The predicted octanol–water partition coefficient (Wildman–Crippen LogP) is 1.95. The van der Waals surface area contributed by atoms with Gasteiger partial charge in [-0.15, -0.1) is 0 Å². The van der Waals surface area contributed by atoms with Gasteiger partial charge in [0.25, 0.3) is 5.91 Å². The van der Waals surface area contributed by atoms with Crippen molar-refractivity contribution in [3.63, 3.8) is 0 Å². The van der Waals surface area contributed by atoms with E-state index in [0.29, 0.717) is 24.1 Å². The minimum atomic E-state index is -0.706. The monoisotopic (exact) mass is 341 g/mol. The van der Waals surface area contributed by atoms with Gasteiger partial charge in [-0.05, 0) is 43.2 Å². The van der Waals surface area contributed by atoms with E-state index in [4.69, 9.17) is 4.42 Å². The molecule has 7 heteroatoms. The zero-order chi connectivity index (χ0) is 18.0. The van der Waals surface area contributed by atoms with Gasteiger partial charge in [-0.25, -0.2) is 0 Å². The van der Waals surface area contributed by atoms with E-state index in [-0.39, 0.29) is 17.7 Å². The van der Waals surface area contributed by atoms with Crippen LogP contribution in [-0.4, -0.2) is 30.8 Å². The van der Waals surface area contributed by atoms with Gasteiger partial charge in [-0.2, -0.15) is 0 Å². The fraction of sp³-hybridized carbons (Fsp3) is 0.278. The number of nitrogens with one attached hydrogen (secondary N) is 2. The Morgan fingerprint density at radius 3 is 2.76 bits per heavy atom. The molecule has 2 heterocycles. The molecule has 1 atom stereocenters. The molecule has 1 aliphatic rings. The van der Waals surface area contributed by atoms with Gasteiger partial charge in [-0.1, -0.05) is 0 Å². The predicted molar refractivity (Wildman–Crippen MR) is 92.4 cm³/mol. The molecule has 0 fully saturated rings. The quantitative estimate of drug-likeness (QED) is 0.889. The lowest BCUT2D eigenvalue weighted by Gasteiger charge is -2.26. The first-order valence-electron chi connectivity index (χ1n) is 7.99. The van der Waals surface area contributed by atoms with Crippen LogP contribution in [0.25, 0.3) is 0 Å². The van der Waals surface area contributed by atoms with Gasteiger partial charge in [0.15, 0.2) is 0 Å². The molecule has 1 aromatic carbocycles. The summed E-state index contributed by atoms with van der Waals surface area (Å²) in [6.45, 7) is 1.61. The van der Waals surface area contributed by atoms with E-state index in [1.165, 1.54) is 18.6 Å². The molecule has 7 nitrogen and oxygen atoms in total. The summed E-state index contributed by atoms with van der Waals surface area (Å²) in [5.41, 5.74) is 2.86. The van der Waals surface area contributed by atoms with E-state index in [9.17, 15) is 14.4 Å². The topological polar surface area (TPSA) is 91.6 Å². The summed E-state index contributed by atoms with van der Waals surface area (Å²) in [5, 5.41) is 5.40. The number of carbonyl (C=O) groups is 3. The Kier molecular flexibility index (Phi) is 4.56. The molecule has 3 rings (SSSR count). The van der Waals surface area contributed by atoms with Crippen LogP contribution in [0.4, 0.5) is 11.4 Å². The van der Waals surface area contributed by atoms with Crippen molar-refractivity contribution in [1.29, 1.82) is 0 Å². The second kappa shape index (κ2) is 6.80. The van der Waals surface area contributed by atoms with Crippen LogP contribution >= 0.6 is 0 Å². The van der Waals surface area contributed by atoms with Crippen molar-refractivity contribution in [2.45, 2.75) is 25.8 Å². The number of hydrogen-bond donors (Lipinski definition) is 2. The minimum absolute atomic E-state index is 0.0832. The first-order chi connectivity index (χ1) is 12.0. The van der Waals surface area contributed by atoms with Gasteiger partial charge < -0.3 is 20.0 Å². The molecule has 2 N–H and O–H groups in total. The Balaban J connectivity index is 1.65. The number of furan rings is 1. The maximum atomic E-state index is 12.3. The Labute approximate surface area is 145 Å². The molecule has 0 spiro atoms. The number of hydrogen-bond acceptors (Lipinski definition) is 4. The largest absolute Gasteiger partial charge is 0.472 e. The first-order valence-corrected chi connectivity index (χ1v) is 7.99. The lowest BCUT2D eigenvalue weighted by Crippen LogP contribution is -2.41. The Morgan fingerprint density at radius 2 is 2.04 bits per heavy atom. The van der Waals surface area contributed by atoms with Gasteiger partial charge in [0.05, 0.1) is 11.8 Å². The molecule has 0 aliphatic carbocycles. The molecule has 25 heavy (non-hydrogen) atoms. The van der Waals surface area contributed by atoms with Gasteiger partial charge in [0, 0.05) is 24.8 Å². The average molecular weight is 341 g/mol. The summed E-state index contributed by atoms with van der Waals surface area (Å²) < 4.78 is 4.85. The summed E-state index contributed by atoms with van der Waals surface area (Å²) in [4.78, 5) is 37.6. The third-order valence-electron chi connectivity index (χ3n) is 4.21. The second-order valence-corrected chi connectivity index (χ2v) is 5.99. The SMILES string of the molecule is C[C@H](NC(=O)c1ccoc1)C(=O)Nc1ccc2c(c1)CCC(=O)N2C. The molecule has 0 unspecified atom stereocenters. The summed E-state index contributed by atoms with van der Waals surface area (Å²) >= 11 is 0. The zero-order valence-corrected chi connectivity index (χ0v) is 14.0. The third-order valence-corrected chi connectivity index (χ3v) is 4.21. The van der Waals surface area contributed by atoms with Gasteiger partial charge >= 0.3 is 0 Å². The Hall–Kier alpha value is -3.09. The second-order valence-electron chi connectivity index (χ2n) is 5.99. The molecule has 1 aliphatic heterocycles. The molecular formula is C18H19N3O4. The van der Waals surface area contributed by atoms with Crippen molar-refractivity contribution in [3.8, 4) is 0 Å². The normalized spacial score (nSPS) is 14.6. The number of benzene rings is 1. The smallest absolute Gasteiger partial charge is 0.255 e. The molecular weight excluding hydrogens is 322 g/mol. The Bertz CT molecular complexity index is 814. The van der Waals surface area contributed by atoms with Crippen LogP contribution in [0.3, 0.4) is 0 Å². The summed E-state index contributed by atoms with van der Waals surface area (Å²) in [6, 6.07) is 6.25. The third kappa shape index (κ3) is 3.55. The fourth-order valence-electron chi connectivity index (χ4n) is 2.72. The van der Waals surface area contributed by atoms with Gasteiger partial charge in [0.1, 0.15) is 12.3 Å². The van der Waals surface area contributed by atoms with E-state index < -0.39 is 6.04 Å². The highest BCUT2D eigenvalue weighted by Gasteiger charge is 2.22. The van der Waals surface area contributed by atoms with Crippen molar-refractivity contribution < 1.29 is 18.8 Å². The minimum Gasteiger partial charge on any atom is -0.472 e. The fourth-order valence-corrected chi connectivity index (χ4v) is 2.72. The average Bonchev–Trinajstić information content (AvgIpc) is 3.13.